The van der Waals surface area contributed by atoms with Crippen LogP contribution in [0.25, 0.3) is 10.2 Å². The Morgan fingerprint density at radius 2 is 2.00 bits per heavy atom. The Balaban J connectivity index is 1.73. The van der Waals surface area contributed by atoms with Gasteiger partial charge in [0.25, 0.3) is 5.56 Å². The summed E-state index contributed by atoms with van der Waals surface area (Å²) in [5.41, 5.74) is 2.07. The van der Waals surface area contributed by atoms with Crippen LogP contribution in [0.3, 0.4) is 0 Å². The van der Waals surface area contributed by atoms with E-state index in [1.165, 1.54) is 27.8 Å². The third-order valence-corrected chi connectivity index (χ3v) is 4.54. The highest BCUT2D eigenvalue weighted by Gasteiger charge is 2.13. The number of fused-ring (bicyclic) bond motifs is 1. The molecule has 118 valence electrons. The zero-order valence-corrected chi connectivity index (χ0v) is 13.8. The van der Waals surface area contributed by atoms with Crippen LogP contribution in [0.2, 0.25) is 0 Å². The van der Waals surface area contributed by atoms with Crippen LogP contribution in [0.1, 0.15) is 11.1 Å². The van der Waals surface area contributed by atoms with Gasteiger partial charge in [0, 0.05) is 13.6 Å². The Morgan fingerprint density at radius 1 is 1.26 bits per heavy atom. The first-order valence-electron chi connectivity index (χ1n) is 7.27. The molecule has 3 rings (SSSR count). The third-order valence-electron chi connectivity index (χ3n) is 3.72. The van der Waals surface area contributed by atoms with E-state index in [4.69, 9.17) is 0 Å². The van der Waals surface area contributed by atoms with E-state index < -0.39 is 0 Å². The second-order valence-corrected chi connectivity index (χ2v) is 6.45. The average molecular weight is 327 g/mol. The lowest BCUT2D eigenvalue weighted by atomic mass is 10.1. The predicted octanol–water partition coefficient (Wildman–Crippen LogP) is 2.43. The molecule has 0 radical (unpaired) electrons. The van der Waals surface area contributed by atoms with Gasteiger partial charge in [-0.3, -0.25) is 14.2 Å². The van der Waals surface area contributed by atoms with E-state index in [2.05, 4.69) is 4.98 Å². The molecule has 5 nitrogen and oxygen atoms in total. The van der Waals surface area contributed by atoms with Crippen molar-refractivity contribution in [2.45, 2.75) is 20.0 Å². The number of likely N-dealkylation sites (N-methyl/N-ethyl adjacent to an activating group) is 1. The predicted molar refractivity (Wildman–Crippen MR) is 91.5 cm³/mol. The Morgan fingerprint density at radius 3 is 2.74 bits per heavy atom. The normalized spacial score (nSPS) is 10.9. The lowest BCUT2D eigenvalue weighted by Gasteiger charge is -2.18. The summed E-state index contributed by atoms with van der Waals surface area (Å²) in [6.07, 6.45) is 1.44. The number of hydrogen-bond donors (Lipinski definition) is 0. The molecular formula is C17H17N3O2S. The molecule has 0 spiro atoms. The summed E-state index contributed by atoms with van der Waals surface area (Å²) in [6.45, 7) is 2.54. The standard InChI is InChI=1S/C17H17N3O2S/c1-12-3-5-13(6-4-12)9-19(2)15(21)10-20-11-18-16-14(17(20)22)7-8-23-16/h3-8,11H,9-10H2,1-2H3. The molecule has 2 heterocycles. The van der Waals surface area contributed by atoms with Crippen LogP contribution in [0, 0.1) is 6.92 Å². The van der Waals surface area contributed by atoms with Crippen molar-refractivity contribution < 1.29 is 4.79 Å². The van der Waals surface area contributed by atoms with Gasteiger partial charge < -0.3 is 4.90 Å². The van der Waals surface area contributed by atoms with E-state index in [0.29, 0.717) is 16.8 Å². The van der Waals surface area contributed by atoms with Crippen LogP contribution in [0.15, 0.2) is 46.8 Å². The largest absolute Gasteiger partial charge is 0.340 e. The topological polar surface area (TPSA) is 55.2 Å². The number of thiophene rings is 1. The molecule has 0 fully saturated rings. The summed E-state index contributed by atoms with van der Waals surface area (Å²) in [4.78, 5) is 31.2. The Kier molecular flexibility index (Phi) is 4.25. The van der Waals surface area contributed by atoms with Crippen molar-refractivity contribution in [3.63, 3.8) is 0 Å². The monoisotopic (exact) mass is 327 g/mol. The van der Waals surface area contributed by atoms with Gasteiger partial charge in [-0.1, -0.05) is 29.8 Å². The van der Waals surface area contributed by atoms with Gasteiger partial charge in [0.1, 0.15) is 11.4 Å². The summed E-state index contributed by atoms with van der Waals surface area (Å²) in [7, 11) is 1.74. The first kappa shape index (κ1) is 15.4. The van der Waals surface area contributed by atoms with Gasteiger partial charge in [0.05, 0.1) is 11.7 Å². The Bertz CT molecular complexity index is 896. The minimum Gasteiger partial charge on any atom is -0.340 e. The van der Waals surface area contributed by atoms with Crippen molar-refractivity contribution in [3.05, 3.63) is 63.5 Å². The van der Waals surface area contributed by atoms with Crippen LogP contribution in [0.5, 0.6) is 0 Å². The highest BCUT2D eigenvalue weighted by atomic mass is 32.1. The second kappa shape index (κ2) is 6.34. The van der Waals surface area contributed by atoms with E-state index in [0.717, 1.165) is 5.56 Å². The fourth-order valence-electron chi connectivity index (χ4n) is 2.33. The van der Waals surface area contributed by atoms with E-state index >= 15 is 0 Å². The minimum absolute atomic E-state index is 0.0000185. The quantitative estimate of drug-likeness (QED) is 0.739. The van der Waals surface area contributed by atoms with E-state index in [1.54, 1.807) is 18.0 Å². The van der Waals surface area contributed by atoms with Crippen molar-refractivity contribution in [2.75, 3.05) is 7.05 Å². The van der Waals surface area contributed by atoms with Crippen molar-refractivity contribution in [1.82, 2.24) is 14.5 Å². The van der Waals surface area contributed by atoms with E-state index in [1.807, 2.05) is 36.6 Å². The molecule has 0 aliphatic rings. The van der Waals surface area contributed by atoms with Gasteiger partial charge in [0.2, 0.25) is 5.91 Å². The molecule has 0 saturated carbocycles. The van der Waals surface area contributed by atoms with E-state index in [-0.39, 0.29) is 18.0 Å². The number of hydrogen-bond acceptors (Lipinski definition) is 4. The molecule has 0 N–H and O–H groups in total. The number of carbonyl (C=O) groups is 1. The van der Waals surface area contributed by atoms with Gasteiger partial charge in [-0.25, -0.2) is 4.98 Å². The minimum atomic E-state index is -0.173. The fraction of sp³-hybridized carbons (Fsp3) is 0.235. The summed E-state index contributed by atoms with van der Waals surface area (Å²) in [6, 6.07) is 9.79. The van der Waals surface area contributed by atoms with Gasteiger partial charge in [-0.15, -0.1) is 11.3 Å². The molecule has 6 heteroatoms. The number of carbonyl (C=O) groups excluding carboxylic acids is 1. The van der Waals surface area contributed by atoms with Crippen LogP contribution in [-0.2, 0) is 17.9 Å². The average Bonchev–Trinajstić information content (AvgIpc) is 3.01. The van der Waals surface area contributed by atoms with Crippen molar-refractivity contribution in [1.29, 1.82) is 0 Å². The number of rotatable bonds is 4. The number of benzene rings is 1. The maximum atomic E-state index is 12.4. The lowest BCUT2D eigenvalue weighted by Crippen LogP contribution is -2.33. The first-order chi connectivity index (χ1) is 11.0. The molecule has 0 atom stereocenters. The molecule has 0 aliphatic carbocycles. The highest BCUT2D eigenvalue weighted by Crippen LogP contribution is 2.13. The highest BCUT2D eigenvalue weighted by molar-refractivity contribution is 7.16. The maximum Gasteiger partial charge on any atom is 0.262 e. The van der Waals surface area contributed by atoms with Gasteiger partial charge in [-0.2, -0.15) is 0 Å². The zero-order chi connectivity index (χ0) is 16.4. The molecule has 0 saturated heterocycles. The number of nitrogens with zero attached hydrogens (tertiary/aromatic N) is 3. The van der Waals surface area contributed by atoms with Crippen LogP contribution in [-0.4, -0.2) is 27.4 Å². The molecular weight excluding hydrogens is 310 g/mol. The number of aryl methyl sites for hydroxylation is 1. The van der Waals surface area contributed by atoms with Gasteiger partial charge in [-0.05, 0) is 23.9 Å². The van der Waals surface area contributed by atoms with E-state index in [9.17, 15) is 9.59 Å². The van der Waals surface area contributed by atoms with Gasteiger partial charge in [0.15, 0.2) is 0 Å². The summed E-state index contributed by atoms with van der Waals surface area (Å²) < 4.78 is 1.36. The Labute approximate surface area is 137 Å². The summed E-state index contributed by atoms with van der Waals surface area (Å²) >= 11 is 1.42. The maximum absolute atomic E-state index is 12.4. The van der Waals surface area contributed by atoms with Crippen LogP contribution in [0.4, 0.5) is 0 Å². The van der Waals surface area contributed by atoms with Gasteiger partial charge >= 0.3 is 0 Å². The van der Waals surface area contributed by atoms with Crippen molar-refractivity contribution in [3.8, 4) is 0 Å². The first-order valence-corrected chi connectivity index (χ1v) is 8.15. The van der Waals surface area contributed by atoms with Crippen LogP contribution >= 0.6 is 11.3 Å². The third kappa shape index (κ3) is 3.32. The molecule has 0 bridgehead atoms. The van der Waals surface area contributed by atoms with Crippen LogP contribution < -0.4 is 5.56 Å². The molecule has 3 aromatic rings. The van der Waals surface area contributed by atoms with Crippen molar-refractivity contribution in [2.24, 2.45) is 0 Å². The smallest absolute Gasteiger partial charge is 0.262 e. The molecule has 0 aliphatic heterocycles. The molecule has 1 aromatic carbocycles. The molecule has 23 heavy (non-hydrogen) atoms. The summed E-state index contributed by atoms with van der Waals surface area (Å²) in [5.74, 6) is -0.121. The number of amides is 1. The number of aromatic nitrogens is 2. The SMILES string of the molecule is Cc1ccc(CN(C)C(=O)Cn2cnc3sccc3c2=O)cc1. The van der Waals surface area contributed by atoms with Crippen molar-refractivity contribution >= 4 is 27.5 Å². The lowest BCUT2D eigenvalue weighted by molar-refractivity contribution is -0.131. The summed E-state index contributed by atoms with van der Waals surface area (Å²) in [5, 5.41) is 2.39. The molecule has 2 aromatic heterocycles. The molecule has 1 amide bonds. The Hall–Kier alpha value is -2.47. The zero-order valence-electron chi connectivity index (χ0n) is 13.0. The fourth-order valence-corrected chi connectivity index (χ4v) is 3.05. The molecule has 0 unspecified atom stereocenters. The second-order valence-electron chi connectivity index (χ2n) is 5.55.